The SMILES string of the molecule is COc1c(C(F)F)cnc(C)c1C#N. The smallest absolute Gasteiger partial charge is 0.268 e. The molecule has 0 N–H and O–H groups in total. The maximum absolute atomic E-state index is 12.4. The molecule has 14 heavy (non-hydrogen) atoms. The molecule has 0 radical (unpaired) electrons. The van der Waals surface area contributed by atoms with Crippen LogP contribution < -0.4 is 4.74 Å². The van der Waals surface area contributed by atoms with E-state index in [2.05, 4.69) is 4.98 Å². The molecule has 0 amide bonds. The summed E-state index contributed by atoms with van der Waals surface area (Å²) in [4.78, 5) is 3.70. The van der Waals surface area contributed by atoms with E-state index in [0.29, 0.717) is 5.69 Å². The zero-order chi connectivity index (χ0) is 10.7. The maximum atomic E-state index is 12.4. The van der Waals surface area contributed by atoms with Crippen molar-refractivity contribution in [1.29, 1.82) is 5.26 Å². The van der Waals surface area contributed by atoms with Crippen LogP contribution in [0.3, 0.4) is 0 Å². The highest BCUT2D eigenvalue weighted by Crippen LogP contribution is 2.31. The Morgan fingerprint density at radius 3 is 2.64 bits per heavy atom. The quantitative estimate of drug-likeness (QED) is 0.731. The Hall–Kier alpha value is -1.70. The Morgan fingerprint density at radius 2 is 2.21 bits per heavy atom. The van der Waals surface area contributed by atoms with Gasteiger partial charge in [-0.15, -0.1) is 0 Å². The molecule has 1 heterocycles. The lowest BCUT2D eigenvalue weighted by Gasteiger charge is -2.09. The van der Waals surface area contributed by atoms with Gasteiger partial charge in [-0.2, -0.15) is 5.26 Å². The Kier molecular flexibility index (Phi) is 2.97. The molecule has 0 aliphatic rings. The van der Waals surface area contributed by atoms with Gasteiger partial charge in [0.2, 0.25) is 0 Å². The van der Waals surface area contributed by atoms with E-state index in [-0.39, 0.29) is 16.9 Å². The fourth-order valence-corrected chi connectivity index (χ4v) is 1.11. The standard InChI is InChI=1S/C9H8F2N2O/c1-5-6(3-12)8(14-2)7(4-13-5)9(10)11/h4,9H,1-2H3. The molecule has 0 aliphatic heterocycles. The van der Waals surface area contributed by atoms with Gasteiger partial charge in [-0.05, 0) is 6.92 Å². The predicted molar refractivity (Wildman–Crippen MR) is 45.2 cm³/mol. The van der Waals surface area contributed by atoms with E-state index in [4.69, 9.17) is 10.00 Å². The summed E-state index contributed by atoms with van der Waals surface area (Å²) in [6.07, 6.45) is -1.66. The molecule has 0 unspecified atom stereocenters. The molecule has 0 fully saturated rings. The summed E-state index contributed by atoms with van der Waals surface area (Å²) in [5.41, 5.74) is 0.0914. The number of halogens is 2. The molecule has 0 saturated carbocycles. The fourth-order valence-electron chi connectivity index (χ4n) is 1.11. The number of alkyl halides is 2. The van der Waals surface area contributed by atoms with Crippen molar-refractivity contribution in [2.75, 3.05) is 7.11 Å². The first-order valence-corrected chi connectivity index (χ1v) is 3.83. The van der Waals surface area contributed by atoms with Crippen LogP contribution in [0.5, 0.6) is 5.75 Å². The second kappa shape index (κ2) is 4.01. The molecule has 0 aromatic carbocycles. The minimum absolute atomic E-state index is 0.0605. The first-order chi connectivity index (χ1) is 6.61. The van der Waals surface area contributed by atoms with E-state index in [9.17, 15) is 8.78 Å². The van der Waals surface area contributed by atoms with Gasteiger partial charge in [-0.1, -0.05) is 0 Å². The van der Waals surface area contributed by atoms with Gasteiger partial charge in [0.05, 0.1) is 18.4 Å². The third-order valence-corrected chi connectivity index (χ3v) is 1.80. The van der Waals surface area contributed by atoms with Gasteiger partial charge in [0.25, 0.3) is 6.43 Å². The Bertz CT molecular complexity index is 385. The summed E-state index contributed by atoms with van der Waals surface area (Å²) in [6, 6.07) is 1.79. The molecule has 1 aromatic rings. The van der Waals surface area contributed by atoms with Crippen molar-refractivity contribution < 1.29 is 13.5 Å². The van der Waals surface area contributed by atoms with Gasteiger partial charge in [0.1, 0.15) is 17.4 Å². The summed E-state index contributed by atoms with van der Waals surface area (Å²) in [5.74, 6) is -0.0880. The summed E-state index contributed by atoms with van der Waals surface area (Å²) < 4.78 is 29.6. The zero-order valence-corrected chi connectivity index (χ0v) is 7.71. The predicted octanol–water partition coefficient (Wildman–Crippen LogP) is 2.21. The van der Waals surface area contributed by atoms with E-state index in [1.54, 1.807) is 13.0 Å². The number of aryl methyl sites for hydroxylation is 1. The van der Waals surface area contributed by atoms with Gasteiger partial charge in [-0.25, -0.2) is 8.78 Å². The van der Waals surface area contributed by atoms with Crippen LogP contribution in [0.1, 0.15) is 23.2 Å². The number of hydrogen-bond acceptors (Lipinski definition) is 3. The van der Waals surface area contributed by atoms with Crippen LogP contribution in [0, 0.1) is 18.3 Å². The highest BCUT2D eigenvalue weighted by atomic mass is 19.3. The average molecular weight is 198 g/mol. The van der Waals surface area contributed by atoms with Crippen molar-refractivity contribution in [3.05, 3.63) is 23.0 Å². The Morgan fingerprint density at radius 1 is 1.57 bits per heavy atom. The van der Waals surface area contributed by atoms with Crippen LogP contribution >= 0.6 is 0 Å². The highest BCUT2D eigenvalue weighted by molar-refractivity contribution is 5.50. The van der Waals surface area contributed by atoms with Gasteiger partial charge in [-0.3, -0.25) is 4.98 Å². The van der Waals surface area contributed by atoms with Crippen LogP contribution in [-0.2, 0) is 0 Å². The topological polar surface area (TPSA) is 45.9 Å². The molecule has 0 bridgehead atoms. The number of nitrogens with zero attached hydrogens (tertiary/aromatic N) is 2. The van der Waals surface area contributed by atoms with E-state index in [1.807, 2.05) is 0 Å². The summed E-state index contributed by atoms with van der Waals surface area (Å²) in [5, 5.41) is 8.72. The van der Waals surface area contributed by atoms with Crippen LogP contribution in [0.25, 0.3) is 0 Å². The van der Waals surface area contributed by atoms with E-state index < -0.39 is 6.43 Å². The largest absolute Gasteiger partial charge is 0.495 e. The van der Waals surface area contributed by atoms with E-state index >= 15 is 0 Å². The summed E-state index contributed by atoms with van der Waals surface area (Å²) in [6.45, 7) is 1.57. The average Bonchev–Trinajstić information content (AvgIpc) is 2.16. The van der Waals surface area contributed by atoms with Gasteiger partial charge < -0.3 is 4.74 Å². The number of nitriles is 1. The van der Waals surface area contributed by atoms with Crippen molar-refractivity contribution >= 4 is 0 Å². The third-order valence-electron chi connectivity index (χ3n) is 1.80. The van der Waals surface area contributed by atoms with Crippen molar-refractivity contribution in [2.45, 2.75) is 13.3 Å². The molecular formula is C9H8F2N2O. The number of ether oxygens (including phenoxy) is 1. The molecule has 1 rings (SSSR count). The molecule has 0 saturated heterocycles. The van der Waals surface area contributed by atoms with Crippen molar-refractivity contribution in [1.82, 2.24) is 4.98 Å². The second-order valence-electron chi connectivity index (χ2n) is 2.62. The molecule has 74 valence electrons. The lowest BCUT2D eigenvalue weighted by molar-refractivity contribution is 0.146. The van der Waals surface area contributed by atoms with Gasteiger partial charge in [0.15, 0.2) is 0 Å². The molecule has 5 heteroatoms. The minimum Gasteiger partial charge on any atom is -0.495 e. The minimum atomic E-state index is -2.69. The Balaban J connectivity index is 3.42. The van der Waals surface area contributed by atoms with Crippen molar-refractivity contribution in [3.8, 4) is 11.8 Å². The van der Waals surface area contributed by atoms with Crippen LogP contribution in [0.15, 0.2) is 6.20 Å². The number of hydrogen-bond donors (Lipinski definition) is 0. The van der Waals surface area contributed by atoms with E-state index in [1.165, 1.54) is 7.11 Å². The van der Waals surface area contributed by atoms with Crippen LogP contribution in [0.2, 0.25) is 0 Å². The number of rotatable bonds is 2. The van der Waals surface area contributed by atoms with Gasteiger partial charge in [0, 0.05) is 6.20 Å². The number of aromatic nitrogens is 1. The first-order valence-electron chi connectivity index (χ1n) is 3.83. The molecule has 0 spiro atoms. The molecular weight excluding hydrogens is 190 g/mol. The third kappa shape index (κ3) is 1.64. The zero-order valence-electron chi connectivity index (χ0n) is 7.71. The fraction of sp³-hybridized carbons (Fsp3) is 0.333. The monoisotopic (exact) mass is 198 g/mol. The molecule has 1 aromatic heterocycles. The number of methoxy groups -OCH3 is 1. The lowest BCUT2D eigenvalue weighted by Crippen LogP contribution is -2.00. The summed E-state index contributed by atoms with van der Waals surface area (Å²) >= 11 is 0. The normalized spacial score (nSPS) is 10.0. The van der Waals surface area contributed by atoms with E-state index in [0.717, 1.165) is 6.20 Å². The van der Waals surface area contributed by atoms with Crippen molar-refractivity contribution in [3.63, 3.8) is 0 Å². The molecule has 0 atom stereocenters. The molecule has 3 nitrogen and oxygen atoms in total. The lowest BCUT2D eigenvalue weighted by atomic mass is 10.1. The Labute approximate surface area is 79.9 Å². The maximum Gasteiger partial charge on any atom is 0.268 e. The van der Waals surface area contributed by atoms with Crippen LogP contribution in [0.4, 0.5) is 8.78 Å². The van der Waals surface area contributed by atoms with Gasteiger partial charge >= 0.3 is 0 Å². The first kappa shape index (κ1) is 10.4. The highest BCUT2D eigenvalue weighted by Gasteiger charge is 2.19. The summed E-state index contributed by atoms with van der Waals surface area (Å²) in [7, 11) is 1.25. The van der Waals surface area contributed by atoms with Crippen LogP contribution in [-0.4, -0.2) is 12.1 Å². The second-order valence-corrected chi connectivity index (χ2v) is 2.62. The molecule has 0 aliphatic carbocycles. The van der Waals surface area contributed by atoms with Crippen molar-refractivity contribution in [2.24, 2.45) is 0 Å². The number of pyridine rings is 1.